The molecule has 0 amide bonds. The molecule has 2 fully saturated rings. The number of hydrogen-bond donors (Lipinski definition) is 1. The Morgan fingerprint density at radius 1 is 1.33 bits per heavy atom. The van der Waals surface area contributed by atoms with Crippen molar-refractivity contribution in [2.75, 3.05) is 24.6 Å². The molecule has 1 saturated heterocycles. The Labute approximate surface area is 126 Å². The first-order valence-electron chi connectivity index (χ1n) is 8.15. The summed E-state index contributed by atoms with van der Waals surface area (Å²) in [5, 5.41) is 3.43. The minimum absolute atomic E-state index is 0.0980. The van der Waals surface area contributed by atoms with E-state index in [2.05, 4.69) is 10.2 Å². The van der Waals surface area contributed by atoms with Crippen molar-refractivity contribution in [2.24, 2.45) is 0 Å². The molecule has 0 bridgehead atoms. The minimum atomic E-state index is -0.0980. The Balaban J connectivity index is 1.74. The number of benzene rings is 1. The molecule has 3 rings (SSSR count). The van der Waals surface area contributed by atoms with Gasteiger partial charge in [-0.05, 0) is 44.7 Å². The van der Waals surface area contributed by atoms with Crippen molar-refractivity contribution in [3.8, 4) is 0 Å². The standard InChI is InChI=1S/C17H25FN2O/c1-2-21-14-5-4-10-20(12-14)17-7-3-6-16(18)15(17)11-19-13-8-9-13/h3,6-7,13-14,19H,2,4-5,8-12H2,1H3. The Morgan fingerprint density at radius 2 is 2.19 bits per heavy atom. The van der Waals surface area contributed by atoms with E-state index in [1.807, 2.05) is 19.1 Å². The van der Waals surface area contributed by atoms with Crippen LogP contribution in [0.2, 0.25) is 0 Å². The average molecular weight is 292 g/mol. The second kappa shape index (κ2) is 6.75. The Hall–Kier alpha value is -1.13. The van der Waals surface area contributed by atoms with Crippen molar-refractivity contribution >= 4 is 5.69 Å². The molecule has 116 valence electrons. The summed E-state index contributed by atoms with van der Waals surface area (Å²) in [6.07, 6.45) is 4.93. The van der Waals surface area contributed by atoms with Crippen molar-refractivity contribution in [3.05, 3.63) is 29.6 Å². The number of ether oxygens (including phenoxy) is 1. The number of hydrogen-bond acceptors (Lipinski definition) is 3. The zero-order valence-electron chi connectivity index (χ0n) is 12.8. The van der Waals surface area contributed by atoms with Gasteiger partial charge in [0.25, 0.3) is 0 Å². The van der Waals surface area contributed by atoms with Crippen LogP contribution in [0.3, 0.4) is 0 Å². The largest absolute Gasteiger partial charge is 0.377 e. The summed E-state index contributed by atoms with van der Waals surface area (Å²) in [7, 11) is 0. The second-order valence-electron chi connectivity index (χ2n) is 6.06. The van der Waals surface area contributed by atoms with E-state index in [0.29, 0.717) is 12.6 Å². The van der Waals surface area contributed by atoms with Gasteiger partial charge in [-0.15, -0.1) is 0 Å². The molecular formula is C17H25FN2O. The smallest absolute Gasteiger partial charge is 0.129 e. The van der Waals surface area contributed by atoms with Gasteiger partial charge in [-0.3, -0.25) is 0 Å². The lowest BCUT2D eigenvalue weighted by atomic mass is 10.0. The number of nitrogens with zero attached hydrogens (tertiary/aromatic N) is 1. The van der Waals surface area contributed by atoms with E-state index in [-0.39, 0.29) is 11.9 Å². The molecule has 4 heteroatoms. The lowest BCUT2D eigenvalue weighted by Crippen LogP contribution is -2.40. The van der Waals surface area contributed by atoms with Gasteiger partial charge in [0.15, 0.2) is 0 Å². The van der Waals surface area contributed by atoms with E-state index in [9.17, 15) is 4.39 Å². The number of rotatable bonds is 6. The Kier molecular flexibility index (Phi) is 4.76. The predicted octanol–water partition coefficient (Wildman–Crippen LogP) is 3.08. The minimum Gasteiger partial charge on any atom is -0.377 e. The highest BCUT2D eigenvalue weighted by atomic mass is 19.1. The maximum absolute atomic E-state index is 14.2. The van der Waals surface area contributed by atoms with Gasteiger partial charge in [0.1, 0.15) is 5.82 Å². The first kappa shape index (κ1) is 14.8. The van der Waals surface area contributed by atoms with Gasteiger partial charge >= 0.3 is 0 Å². The Bertz CT molecular complexity index is 474. The van der Waals surface area contributed by atoms with Crippen LogP contribution in [0.5, 0.6) is 0 Å². The molecule has 1 aliphatic carbocycles. The van der Waals surface area contributed by atoms with Gasteiger partial charge in [0.2, 0.25) is 0 Å². The second-order valence-corrected chi connectivity index (χ2v) is 6.06. The number of nitrogens with one attached hydrogen (secondary N) is 1. The van der Waals surface area contributed by atoms with Crippen LogP contribution in [-0.2, 0) is 11.3 Å². The third kappa shape index (κ3) is 3.74. The fraction of sp³-hybridized carbons (Fsp3) is 0.647. The van der Waals surface area contributed by atoms with E-state index in [0.717, 1.165) is 43.8 Å². The molecule has 1 unspecified atom stereocenters. The van der Waals surface area contributed by atoms with Crippen LogP contribution in [0, 0.1) is 5.82 Å². The summed E-state index contributed by atoms with van der Waals surface area (Å²) in [5.74, 6) is -0.0980. The number of anilines is 1. The van der Waals surface area contributed by atoms with Crippen molar-refractivity contribution in [1.82, 2.24) is 5.32 Å². The summed E-state index contributed by atoms with van der Waals surface area (Å²) < 4.78 is 20.0. The molecule has 1 aromatic rings. The molecule has 1 atom stereocenters. The highest BCUT2D eigenvalue weighted by molar-refractivity contribution is 5.54. The number of halogens is 1. The highest BCUT2D eigenvalue weighted by Gasteiger charge is 2.25. The normalized spacial score (nSPS) is 22.6. The van der Waals surface area contributed by atoms with Crippen LogP contribution in [0.1, 0.15) is 38.2 Å². The molecule has 1 N–H and O–H groups in total. The van der Waals surface area contributed by atoms with Crippen LogP contribution in [0.15, 0.2) is 18.2 Å². The van der Waals surface area contributed by atoms with Crippen LogP contribution in [0.25, 0.3) is 0 Å². The van der Waals surface area contributed by atoms with Crippen LogP contribution < -0.4 is 10.2 Å². The van der Waals surface area contributed by atoms with Gasteiger partial charge in [0, 0.05) is 43.5 Å². The van der Waals surface area contributed by atoms with Crippen LogP contribution >= 0.6 is 0 Å². The molecule has 2 aliphatic rings. The lowest BCUT2D eigenvalue weighted by Gasteiger charge is -2.35. The average Bonchev–Trinajstić information content (AvgIpc) is 3.31. The molecule has 0 spiro atoms. The van der Waals surface area contributed by atoms with Gasteiger partial charge < -0.3 is 15.0 Å². The van der Waals surface area contributed by atoms with Crippen molar-refractivity contribution in [3.63, 3.8) is 0 Å². The van der Waals surface area contributed by atoms with Crippen molar-refractivity contribution in [2.45, 2.75) is 51.3 Å². The van der Waals surface area contributed by atoms with E-state index in [1.165, 1.54) is 12.8 Å². The molecule has 1 aromatic carbocycles. The first-order chi connectivity index (χ1) is 10.3. The van der Waals surface area contributed by atoms with Gasteiger partial charge in [-0.2, -0.15) is 0 Å². The van der Waals surface area contributed by atoms with Gasteiger partial charge in [-0.1, -0.05) is 6.07 Å². The monoisotopic (exact) mass is 292 g/mol. The molecular weight excluding hydrogens is 267 g/mol. The van der Waals surface area contributed by atoms with Crippen molar-refractivity contribution in [1.29, 1.82) is 0 Å². The molecule has 1 aliphatic heterocycles. The zero-order valence-corrected chi connectivity index (χ0v) is 12.8. The van der Waals surface area contributed by atoms with Crippen LogP contribution in [0.4, 0.5) is 10.1 Å². The quantitative estimate of drug-likeness (QED) is 0.872. The molecule has 1 heterocycles. The maximum Gasteiger partial charge on any atom is 0.129 e. The Morgan fingerprint density at radius 3 is 2.95 bits per heavy atom. The highest BCUT2D eigenvalue weighted by Crippen LogP contribution is 2.28. The topological polar surface area (TPSA) is 24.5 Å². The zero-order chi connectivity index (χ0) is 14.7. The lowest BCUT2D eigenvalue weighted by molar-refractivity contribution is 0.0526. The summed E-state index contributed by atoms with van der Waals surface area (Å²) >= 11 is 0. The van der Waals surface area contributed by atoms with E-state index < -0.39 is 0 Å². The van der Waals surface area contributed by atoms with Crippen molar-refractivity contribution < 1.29 is 9.13 Å². The molecule has 21 heavy (non-hydrogen) atoms. The molecule has 0 radical (unpaired) electrons. The van der Waals surface area contributed by atoms with E-state index >= 15 is 0 Å². The molecule has 1 saturated carbocycles. The molecule has 3 nitrogen and oxygen atoms in total. The fourth-order valence-electron chi connectivity index (χ4n) is 3.08. The van der Waals surface area contributed by atoms with Gasteiger partial charge in [0.05, 0.1) is 6.10 Å². The van der Waals surface area contributed by atoms with E-state index in [1.54, 1.807) is 6.07 Å². The summed E-state index contributed by atoms with van der Waals surface area (Å²) in [4.78, 5) is 2.29. The molecule has 0 aromatic heterocycles. The summed E-state index contributed by atoms with van der Waals surface area (Å²) in [6.45, 7) is 5.27. The van der Waals surface area contributed by atoms with Gasteiger partial charge in [-0.25, -0.2) is 4.39 Å². The van der Waals surface area contributed by atoms with E-state index in [4.69, 9.17) is 4.74 Å². The third-order valence-corrected chi connectivity index (χ3v) is 4.36. The number of piperidine rings is 1. The fourth-order valence-corrected chi connectivity index (χ4v) is 3.08. The first-order valence-corrected chi connectivity index (χ1v) is 8.15. The summed E-state index contributed by atoms with van der Waals surface area (Å²) in [5.41, 5.74) is 1.84. The SMILES string of the molecule is CCOC1CCCN(c2cccc(F)c2CNC2CC2)C1. The predicted molar refractivity (Wildman–Crippen MR) is 83.1 cm³/mol. The third-order valence-electron chi connectivity index (χ3n) is 4.36. The van der Waals surface area contributed by atoms with Crippen LogP contribution in [-0.4, -0.2) is 31.8 Å². The maximum atomic E-state index is 14.2. The summed E-state index contributed by atoms with van der Waals surface area (Å²) in [6, 6.07) is 6.02.